The van der Waals surface area contributed by atoms with Gasteiger partial charge in [0.1, 0.15) is 5.75 Å². The number of phenols is 1. The minimum absolute atomic E-state index is 0.303. The fourth-order valence-electron chi connectivity index (χ4n) is 1.50. The van der Waals surface area contributed by atoms with E-state index in [0.717, 1.165) is 24.3 Å². The van der Waals surface area contributed by atoms with Gasteiger partial charge in [-0.2, -0.15) is 0 Å². The second kappa shape index (κ2) is 5.28. The maximum atomic E-state index is 9.29. The number of hydrogen-bond donors (Lipinski definition) is 2. The van der Waals surface area contributed by atoms with Gasteiger partial charge in [-0.1, -0.05) is 18.2 Å². The molecule has 0 saturated heterocycles. The van der Waals surface area contributed by atoms with E-state index >= 15 is 0 Å². The van der Waals surface area contributed by atoms with Crippen LogP contribution in [0.25, 0.3) is 0 Å². The van der Waals surface area contributed by atoms with Gasteiger partial charge < -0.3 is 10.4 Å². The van der Waals surface area contributed by atoms with Crippen LogP contribution in [0.2, 0.25) is 0 Å². The highest BCUT2D eigenvalue weighted by molar-refractivity contribution is 5.26. The average molecular weight is 214 g/mol. The van der Waals surface area contributed by atoms with E-state index in [-0.39, 0.29) is 0 Å². The number of aromatic nitrogens is 1. The van der Waals surface area contributed by atoms with Crippen molar-refractivity contribution < 1.29 is 5.11 Å². The topological polar surface area (TPSA) is 45.1 Å². The second-order valence-electron chi connectivity index (χ2n) is 3.59. The molecule has 2 aromatic rings. The van der Waals surface area contributed by atoms with E-state index in [1.54, 1.807) is 18.3 Å². The molecule has 0 aliphatic carbocycles. The zero-order valence-corrected chi connectivity index (χ0v) is 8.93. The van der Waals surface area contributed by atoms with E-state index in [0.29, 0.717) is 5.75 Å². The van der Waals surface area contributed by atoms with Gasteiger partial charge in [-0.05, 0) is 29.8 Å². The summed E-state index contributed by atoms with van der Waals surface area (Å²) in [5.74, 6) is 0.303. The van der Waals surface area contributed by atoms with Gasteiger partial charge in [-0.3, -0.25) is 4.98 Å². The van der Waals surface area contributed by atoms with Gasteiger partial charge in [0.15, 0.2) is 0 Å². The van der Waals surface area contributed by atoms with Crippen molar-refractivity contribution in [2.24, 2.45) is 0 Å². The first-order chi connectivity index (χ1) is 7.84. The Morgan fingerprint density at radius 2 is 2.00 bits per heavy atom. The third kappa shape index (κ3) is 3.07. The Morgan fingerprint density at radius 1 is 1.06 bits per heavy atom. The quantitative estimate of drug-likeness (QED) is 0.819. The second-order valence-corrected chi connectivity index (χ2v) is 3.59. The molecule has 0 aliphatic heterocycles. The molecule has 0 atom stereocenters. The van der Waals surface area contributed by atoms with Crippen molar-refractivity contribution in [1.82, 2.24) is 10.3 Å². The SMILES string of the molecule is Oc1cccc(CNCc2ccccn2)c1. The van der Waals surface area contributed by atoms with Crippen LogP contribution < -0.4 is 5.32 Å². The first kappa shape index (κ1) is 10.6. The number of phenolic OH excluding ortho intramolecular Hbond substituents is 1. The van der Waals surface area contributed by atoms with Gasteiger partial charge in [-0.25, -0.2) is 0 Å². The van der Waals surface area contributed by atoms with Crippen molar-refractivity contribution in [2.45, 2.75) is 13.1 Å². The van der Waals surface area contributed by atoms with Crippen molar-refractivity contribution in [1.29, 1.82) is 0 Å². The lowest BCUT2D eigenvalue weighted by atomic mass is 10.2. The molecule has 0 bridgehead atoms. The molecule has 0 unspecified atom stereocenters. The molecule has 0 aliphatic rings. The van der Waals surface area contributed by atoms with E-state index in [4.69, 9.17) is 0 Å². The van der Waals surface area contributed by atoms with E-state index < -0.39 is 0 Å². The summed E-state index contributed by atoms with van der Waals surface area (Å²) in [4.78, 5) is 4.22. The largest absolute Gasteiger partial charge is 0.508 e. The average Bonchev–Trinajstić information content (AvgIpc) is 2.30. The van der Waals surface area contributed by atoms with Gasteiger partial charge in [0.05, 0.1) is 5.69 Å². The number of benzene rings is 1. The molecule has 0 radical (unpaired) electrons. The Kier molecular flexibility index (Phi) is 3.51. The number of nitrogens with one attached hydrogen (secondary N) is 1. The monoisotopic (exact) mass is 214 g/mol. The van der Waals surface area contributed by atoms with E-state index in [1.807, 2.05) is 30.3 Å². The van der Waals surface area contributed by atoms with Crippen molar-refractivity contribution in [3.63, 3.8) is 0 Å². The maximum absolute atomic E-state index is 9.29. The summed E-state index contributed by atoms with van der Waals surface area (Å²) in [6, 6.07) is 13.1. The van der Waals surface area contributed by atoms with Gasteiger partial charge in [0.25, 0.3) is 0 Å². The molecule has 1 aromatic heterocycles. The highest BCUT2D eigenvalue weighted by Gasteiger charge is 1.95. The molecule has 2 N–H and O–H groups in total. The van der Waals surface area contributed by atoms with Crippen LogP contribution in [0, 0.1) is 0 Å². The molecule has 3 nitrogen and oxygen atoms in total. The van der Waals surface area contributed by atoms with Crippen LogP contribution in [0.5, 0.6) is 5.75 Å². The van der Waals surface area contributed by atoms with Crippen molar-refractivity contribution >= 4 is 0 Å². The molecule has 3 heteroatoms. The van der Waals surface area contributed by atoms with Crippen molar-refractivity contribution in [2.75, 3.05) is 0 Å². The molecule has 82 valence electrons. The minimum atomic E-state index is 0.303. The number of aromatic hydroxyl groups is 1. The predicted octanol–water partition coefficient (Wildman–Crippen LogP) is 2.08. The first-order valence-electron chi connectivity index (χ1n) is 5.23. The van der Waals surface area contributed by atoms with Crippen LogP contribution in [0.3, 0.4) is 0 Å². The third-order valence-electron chi connectivity index (χ3n) is 2.27. The third-order valence-corrected chi connectivity index (χ3v) is 2.27. The van der Waals surface area contributed by atoms with Crippen molar-refractivity contribution in [3.8, 4) is 5.75 Å². The summed E-state index contributed by atoms with van der Waals surface area (Å²) < 4.78 is 0. The lowest BCUT2D eigenvalue weighted by Crippen LogP contribution is -2.13. The summed E-state index contributed by atoms with van der Waals surface area (Å²) in [7, 11) is 0. The molecule has 0 saturated carbocycles. The molecule has 0 spiro atoms. The summed E-state index contributed by atoms with van der Waals surface area (Å²) in [5.41, 5.74) is 2.08. The van der Waals surface area contributed by atoms with Crippen LogP contribution >= 0.6 is 0 Å². The number of nitrogens with zero attached hydrogens (tertiary/aromatic N) is 1. The normalized spacial score (nSPS) is 10.2. The Balaban J connectivity index is 1.85. The van der Waals surface area contributed by atoms with Crippen LogP contribution in [0.4, 0.5) is 0 Å². The highest BCUT2D eigenvalue weighted by Crippen LogP contribution is 2.10. The zero-order valence-electron chi connectivity index (χ0n) is 8.93. The fourth-order valence-corrected chi connectivity index (χ4v) is 1.50. The molecule has 1 aromatic carbocycles. The Morgan fingerprint density at radius 3 is 2.75 bits per heavy atom. The molecular formula is C13H14N2O. The molecule has 2 rings (SSSR count). The molecule has 0 fully saturated rings. The number of hydrogen-bond acceptors (Lipinski definition) is 3. The number of rotatable bonds is 4. The lowest BCUT2D eigenvalue weighted by molar-refractivity contribution is 0.474. The summed E-state index contributed by atoms with van der Waals surface area (Å²) in [6.45, 7) is 1.46. The Hall–Kier alpha value is -1.87. The molecule has 16 heavy (non-hydrogen) atoms. The smallest absolute Gasteiger partial charge is 0.115 e. The van der Waals surface area contributed by atoms with Gasteiger partial charge in [-0.15, -0.1) is 0 Å². The highest BCUT2D eigenvalue weighted by atomic mass is 16.3. The van der Waals surface area contributed by atoms with E-state index in [1.165, 1.54) is 0 Å². The van der Waals surface area contributed by atoms with E-state index in [2.05, 4.69) is 10.3 Å². The van der Waals surface area contributed by atoms with E-state index in [9.17, 15) is 5.11 Å². The Bertz CT molecular complexity index is 443. The van der Waals surface area contributed by atoms with Gasteiger partial charge in [0, 0.05) is 19.3 Å². The summed E-state index contributed by atoms with van der Waals surface area (Å²) in [5, 5.41) is 12.6. The van der Waals surface area contributed by atoms with Crippen LogP contribution in [-0.4, -0.2) is 10.1 Å². The fraction of sp³-hybridized carbons (Fsp3) is 0.154. The number of pyridine rings is 1. The van der Waals surface area contributed by atoms with Crippen LogP contribution in [0.15, 0.2) is 48.7 Å². The summed E-state index contributed by atoms with van der Waals surface area (Å²) >= 11 is 0. The molecule has 0 amide bonds. The summed E-state index contributed by atoms with van der Waals surface area (Å²) in [6.07, 6.45) is 1.78. The van der Waals surface area contributed by atoms with Crippen molar-refractivity contribution in [3.05, 3.63) is 59.9 Å². The predicted molar refractivity (Wildman–Crippen MR) is 62.9 cm³/mol. The Labute approximate surface area is 94.8 Å². The van der Waals surface area contributed by atoms with Crippen LogP contribution in [-0.2, 0) is 13.1 Å². The minimum Gasteiger partial charge on any atom is -0.508 e. The standard InChI is InChI=1S/C13H14N2O/c16-13-6-3-4-11(8-13)9-14-10-12-5-1-2-7-15-12/h1-8,14,16H,9-10H2. The zero-order chi connectivity index (χ0) is 11.2. The molecular weight excluding hydrogens is 200 g/mol. The van der Waals surface area contributed by atoms with Crippen LogP contribution in [0.1, 0.15) is 11.3 Å². The molecule has 1 heterocycles. The lowest BCUT2D eigenvalue weighted by Gasteiger charge is -2.04. The maximum Gasteiger partial charge on any atom is 0.115 e. The van der Waals surface area contributed by atoms with Gasteiger partial charge in [0.2, 0.25) is 0 Å². The van der Waals surface area contributed by atoms with Gasteiger partial charge >= 0.3 is 0 Å². The first-order valence-corrected chi connectivity index (χ1v) is 5.23.